The van der Waals surface area contributed by atoms with Gasteiger partial charge in [-0.15, -0.1) is 0 Å². The second kappa shape index (κ2) is 4.94. The minimum absolute atomic E-state index is 0.151. The Morgan fingerprint density at radius 2 is 2.07 bits per heavy atom. The van der Waals surface area contributed by atoms with Gasteiger partial charge in [0.15, 0.2) is 0 Å². The summed E-state index contributed by atoms with van der Waals surface area (Å²) in [5.41, 5.74) is 1.31. The molecule has 80 valence electrons. The zero-order chi connectivity index (χ0) is 10.5. The van der Waals surface area contributed by atoms with Crippen molar-refractivity contribution >= 4 is 5.91 Å². The van der Waals surface area contributed by atoms with Crippen LogP contribution in [0.1, 0.15) is 12.0 Å². The zero-order valence-corrected chi connectivity index (χ0v) is 8.70. The summed E-state index contributed by atoms with van der Waals surface area (Å²) in [6, 6.07) is 10.7. The summed E-state index contributed by atoms with van der Waals surface area (Å²) in [6.45, 7) is 1.51. The van der Waals surface area contributed by atoms with Crippen LogP contribution in [0.3, 0.4) is 0 Å². The predicted octanol–water partition coefficient (Wildman–Crippen LogP) is 0.707. The third kappa shape index (κ3) is 3.06. The Bertz CT molecular complexity index is 324. The molecule has 15 heavy (non-hydrogen) atoms. The van der Waals surface area contributed by atoms with Gasteiger partial charge >= 0.3 is 0 Å². The third-order valence-corrected chi connectivity index (χ3v) is 2.66. The molecule has 2 N–H and O–H groups in total. The summed E-state index contributed by atoms with van der Waals surface area (Å²) in [7, 11) is 0. The lowest BCUT2D eigenvalue weighted by Gasteiger charge is -2.15. The van der Waals surface area contributed by atoms with Crippen molar-refractivity contribution in [3.8, 4) is 0 Å². The van der Waals surface area contributed by atoms with E-state index in [2.05, 4.69) is 22.8 Å². The molecule has 1 amide bonds. The monoisotopic (exact) mass is 204 g/mol. The Kier molecular flexibility index (Phi) is 3.35. The van der Waals surface area contributed by atoms with Crippen molar-refractivity contribution in [1.29, 1.82) is 0 Å². The zero-order valence-electron chi connectivity index (χ0n) is 8.70. The molecule has 0 aliphatic carbocycles. The van der Waals surface area contributed by atoms with Crippen LogP contribution < -0.4 is 10.6 Å². The quantitative estimate of drug-likeness (QED) is 0.745. The van der Waals surface area contributed by atoms with Gasteiger partial charge in [0.2, 0.25) is 5.91 Å². The number of rotatable bonds is 2. The maximum Gasteiger partial charge on any atom is 0.221 e. The first-order valence-corrected chi connectivity index (χ1v) is 5.38. The molecule has 1 aromatic rings. The molecule has 1 aliphatic heterocycles. The molecule has 2 rings (SSSR count). The van der Waals surface area contributed by atoms with Crippen LogP contribution in [0.4, 0.5) is 0 Å². The first-order chi connectivity index (χ1) is 7.34. The van der Waals surface area contributed by atoms with Gasteiger partial charge < -0.3 is 10.6 Å². The van der Waals surface area contributed by atoms with Crippen LogP contribution >= 0.6 is 0 Å². The van der Waals surface area contributed by atoms with Crippen molar-refractivity contribution in [1.82, 2.24) is 10.6 Å². The van der Waals surface area contributed by atoms with Crippen LogP contribution in [0.25, 0.3) is 0 Å². The van der Waals surface area contributed by atoms with Crippen molar-refractivity contribution in [2.24, 2.45) is 0 Å². The first-order valence-electron chi connectivity index (χ1n) is 5.38. The molecule has 1 unspecified atom stereocenters. The Morgan fingerprint density at radius 1 is 1.27 bits per heavy atom. The smallest absolute Gasteiger partial charge is 0.221 e. The number of hydrogen-bond acceptors (Lipinski definition) is 2. The Hall–Kier alpha value is -1.35. The van der Waals surface area contributed by atoms with E-state index in [0.717, 1.165) is 19.5 Å². The number of benzene rings is 1. The van der Waals surface area contributed by atoms with Crippen molar-refractivity contribution in [3.05, 3.63) is 35.9 Å². The summed E-state index contributed by atoms with van der Waals surface area (Å²) in [6.07, 6.45) is 1.56. The van der Waals surface area contributed by atoms with E-state index in [1.165, 1.54) is 5.56 Å². The van der Waals surface area contributed by atoms with Gasteiger partial charge in [0.1, 0.15) is 0 Å². The van der Waals surface area contributed by atoms with Gasteiger partial charge in [0.05, 0.1) is 0 Å². The van der Waals surface area contributed by atoms with Gasteiger partial charge in [0, 0.05) is 25.6 Å². The van der Waals surface area contributed by atoms with Crippen molar-refractivity contribution in [2.75, 3.05) is 13.1 Å². The molecule has 0 bridgehead atoms. The molecule has 1 saturated heterocycles. The molecule has 1 aromatic carbocycles. The molecule has 0 saturated carbocycles. The first kappa shape index (κ1) is 10.2. The highest BCUT2D eigenvalue weighted by atomic mass is 16.1. The fourth-order valence-corrected chi connectivity index (χ4v) is 1.83. The average molecular weight is 204 g/mol. The number of hydrogen-bond donors (Lipinski definition) is 2. The maximum atomic E-state index is 11.1. The van der Waals surface area contributed by atoms with Gasteiger partial charge in [-0.3, -0.25) is 4.79 Å². The highest BCUT2D eigenvalue weighted by molar-refractivity contribution is 5.76. The summed E-state index contributed by atoms with van der Waals surface area (Å²) in [4.78, 5) is 11.1. The Labute approximate surface area is 89.9 Å². The Balaban J connectivity index is 1.92. The highest BCUT2D eigenvalue weighted by Gasteiger charge is 2.14. The fourth-order valence-electron chi connectivity index (χ4n) is 1.83. The average Bonchev–Trinajstić information content (AvgIpc) is 2.46. The standard InChI is InChI=1S/C12H16N2O/c15-12-6-7-13-11(9-14-12)8-10-4-2-1-3-5-10/h1-5,11,13H,6-9H2,(H,14,15). The fraction of sp³-hybridized carbons (Fsp3) is 0.417. The number of nitrogens with one attached hydrogen (secondary N) is 2. The van der Waals surface area contributed by atoms with E-state index in [1.54, 1.807) is 0 Å². The summed E-state index contributed by atoms with van der Waals surface area (Å²) >= 11 is 0. The second-order valence-electron chi connectivity index (χ2n) is 3.89. The van der Waals surface area contributed by atoms with E-state index < -0.39 is 0 Å². The van der Waals surface area contributed by atoms with Crippen molar-refractivity contribution < 1.29 is 4.79 Å². The largest absolute Gasteiger partial charge is 0.354 e. The normalized spacial score (nSPS) is 21.9. The lowest BCUT2D eigenvalue weighted by molar-refractivity contribution is -0.120. The lowest BCUT2D eigenvalue weighted by Crippen LogP contribution is -2.37. The van der Waals surface area contributed by atoms with E-state index in [4.69, 9.17) is 0 Å². The topological polar surface area (TPSA) is 41.1 Å². The van der Waals surface area contributed by atoms with Crippen LogP contribution in [0.2, 0.25) is 0 Å². The highest BCUT2D eigenvalue weighted by Crippen LogP contribution is 2.04. The van der Waals surface area contributed by atoms with E-state index in [1.807, 2.05) is 18.2 Å². The summed E-state index contributed by atoms with van der Waals surface area (Å²) in [5.74, 6) is 0.151. The van der Waals surface area contributed by atoms with Crippen molar-refractivity contribution in [3.63, 3.8) is 0 Å². The third-order valence-electron chi connectivity index (χ3n) is 2.66. The molecule has 3 nitrogen and oxygen atoms in total. The SMILES string of the molecule is O=C1CCNC(Cc2ccccc2)CN1. The van der Waals surface area contributed by atoms with E-state index >= 15 is 0 Å². The number of carbonyl (C=O) groups is 1. The predicted molar refractivity (Wildman–Crippen MR) is 59.6 cm³/mol. The molecule has 0 radical (unpaired) electrons. The second-order valence-corrected chi connectivity index (χ2v) is 3.89. The maximum absolute atomic E-state index is 11.1. The van der Waals surface area contributed by atoms with Gasteiger partial charge in [-0.1, -0.05) is 30.3 Å². The van der Waals surface area contributed by atoms with E-state index in [-0.39, 0.29) is 5.91 Å². The molecule has 1 aliphatic rings. The molecule has 0 spiro atoms. The molecule has 1 atom stereocenters. The number of carbonyl (C=O) groups excluding carboxylic acids is 1. The molecular formula is C12H16N2O. The van der Waals surface area contributed by atoms with Gasteiger partial charge in [-0.25, -0.2) is 0 Å². The van der Waals surface area contributed by atoms with E-state index in [9.17, 15) is 4.79 Å². The number of amides is 1. The van der Waals surface area contributed by atoms with Crippen LogP contribution in [-0.2, 0) is 11.2 Å². The van der Waals surface area contributed by atoms with Crippen LogP contribution in [0.15, 0.2) is 30.3 Å². The van der Waals surface area contributed by atoms with Crippen LogP contribution in [0.5, 0.6) is 0 Å². The van der Waals surface area contributed by atoms with Gasteiger partial charge in [0.25, 0.3) is 0 Å². The van der Waals surface area contributed by atoms with Gasteiger partial charge in [-0.2, -0.15) is 0 Å². The molecule has 1 fully saturated rings. The summed E-state index contributed by atoms with van der Waals surface area (Å²) in [5, 5.41) is 6.29. The minimum Gasteiger partial charge on any atom is -0.354 e. The van der Waals surface area contributed by atoms with Crippen LogP contribution in [0, 0.1) is 0 Å². The van der Waals surface area contributed by atoms with E-state index in [0.29, 0.717) is 12.5 Å². The molecule has 0 aromatic heterocycles. The van der Waals surface area contributed by atoms with Gasteiger partial charge in [-0.05, 0) is 12.0 Å². The lowest BCUT2D eigenvalue weighted by atomic mass is 10.1. The Morgan fingerprint density at radius 3 is 2.87 bits per heavy atom. The minimum atomic E-state index is 0.151. The van der Waals surface area contributed by atoms with Crippen molar-refractivity contribution in [2.45, 2.75) is 18.9 Å². The molecule has 1 heterocycles. The molecular weight excluding hydrogens is 188 g/mol. The summed E-state index contributed by atoms with van der Waals surface area (Å²) < 4.78 is 0. The van der Waals surface area contributed by atoms with Crippen LogP contribution in [-0.4, -0.2) is 25.0 Å². The molecule has 3 heteroatoms.